The van der Waals surface area contributed by atoms with E-state index in [-0.39, 0.29) is 17.8 Å². The predicted octanol–water partition coefficient (Wildman–Crippen LogP) is 4.44. The van der Waals surface area contributed by atoms with Crippen LogP contribution in [-0.2, 0) is 6.54 Å². The molecule has 8 heteroatoms. The van der Waals surface area contributed by atoms with Gasteiger partial charge in [-0.2, -0.15) is 0 Å². The fourth-order valence-corrected chi connectivity index (χ4v) is 4.48. The van der Waals surface area contributed by atoms with Gasteiger partial charge in [0.25, 0.3) is 0 Å². The van der Waals surface area contributed by atoms with Crippen molar-refractivity contribution in [3.63, 3.8) is 0 Å². The lowest BCUT2D eigenvalue weighted by atomic mass is 9.99. The summed E-state index contributed by atoms with van der Waals surface area (Å²) in [6, 6.07) is 13.8. The second-order valence-corrected chi connectivity index (χ2v) is 8.25. The fourth-order valence-electron chi connectivity index (χ4n) is 3.50. The SMILES string of the molecule is COc1ccc(-c2nnc(C3CCCN(C(=O)NCc4ccc(F)cc4)C3)s2)cc1. The molecule has 0 spiro atoms. The van der Waals surface area contributed by atoms with Crippen LogP contribution >= 0.6 is 11.3 Å². The third-order valence-corrected chi connectivity index (χ3v) is 6.33. The third-order valence-electron chi connectivity index (χ3n) is 5.19. The molecule has 0 aliphatic carbocycles. The van der Waals surface area contributed by atoms with Gasteiger partial charge in [-0.05, 0) is 54.8 Å². The highest BCUT2D eigenvalue weighted by Gasteiger charge is 2.27. The van der Waals surface area contributed by atoms with Crippen LogP contribution in [0.25, 0.3) is 10.6 Å². The molecule has 2 heterocycles. The number of nitrogens with one attached hydrogen (secondary N) is 1. The standard InChI is InChI=1S/C22H23FN4O2S/c1-29-19-10-6-16(7-11-19)20-25-26-21(30-20)17-3-2-12-27(14-17)22(28)24-13-15-4-8-18(23)9-5-15/h4-11,17H,2-3,12-14H2,1H3,(H,24,28). The van der Waals surface area contributed by atoms with Crippen LogP contribution in [0.1, 0.15) is 29.3 Å². The minimum Gasteiger partial charge on any atom is -0.497 e. The maximum atomic E-state index is 13.0. The van der Waals surface area contributed by atoms with Gasteiger partial charge in [0.05, 0.1) is 7.11 Å². The highest BCUT2D eigenvalue weighted by molar-refractivity contribution is 7.14. The molecule has 6 nitrogen and oxygen atoms in total. The lowest BCUT2D eigenvalue weighted by molar-refractivity contribution is 0.179. The molecule has 2 amide bonds. The van der Waals surface area contributed by atoms with E-state index in [4.69, 9.17) is 4.74 Å². The molecule has 1 atom stereocenters. The van der Waals surface area contributed by atoms with Gasteiger partial charge in [-0.1, -0.05) is 23.5 Å². The van der Waals surface area contributed by atoms with Crippen LogP contribution in [0.2, 0.25) is 0 Å². The lowest BCUT2D eigenvalue weighted by Crippen LogP contribution is -2.44. The number of urea groups is 1. The van der Waals surface area contributed by atoms with Gasteiger partial charge in [0.2, 0.25) is 0 Å². The summed E-state index contributed by atoms with van der Waals surface area (Å²) >= 11 is 1.57. The number of benzene rings is 2. The normalized spacial score (nSPS) is 16.3. The van der Waals surface area contributed by atoms with Crippen LogP contribution in [0, 0.1) is 5.82 Å². The Bertz CT molecular complexity index is 991. The number of aromatic nitrogens is 2. The topological polar surface area (TPSA) is 67.4 Å². The highest BCUT2D eigenvalue weighted by atomic mass is 32.1. The summed E-state index contributed by atoms with van der Waals surface area (Å²) in [7, 11) is 1.64. The van der Waals surface area contributed by atoms with Crippen LogP contribution in [0.3, 0.4) is 0 Å². The van der Waals surface area contributed by atoms with E-state index in [1.807, 2.05) is 29.2 Å². The maximum absolute atomic E-state index is 13.0. The molecule has 1 aliphatic heterocycles. The van der Waals surface area contributed by atoms with Crippen LogP contribution in [0.15, 0.2) is 48.5 Å². The number of nitrogens with zero attached hydrogens (tertiary/aromatic N) is 3. The van der Waals surface area contributed by atoms with E-state index in [0.29, 0.717) is 13.1 Å². The molecule has 2 aromatic carbocycles. The molecule has 30 heavy (non-hydrogen) atoms. The molecule has 4 rings (SSSR count). The van der Waals surface area contributed by atoms with Crippen molar-refractivity contribution < 1.29 is 13.9 Å². The Morgan fingerprint density at radius 3 is 2.70 bits per heavy atom. The average Bonchev–Trinajstić information content (AvgIpc) is 3.29. The van der Waals surface area contributed by atoms with E-state index in [9.17, 15) is 9.18 Å². The second-order valence-electron chi connectivity index (χ2n) is 7.24. The summed E-state index contributed by atoms with van der Waals surface area (Å²) in [5, 5.41) is 13.5. The number of hydrogen-bond donors (Lipinski definition) is 1. The molecule has 0 radical (unpaired) electrons. The molecule has 3 aromatic rings. The zero-order chi connectivity index (χ0) is 20.9. The largest absolute Gasteiger partial charge is 0.497 e. The Balaban J connectivity index is 1.37. The molecule has 1 aromatic heterocycles. The molecule has 0 bridgehead atoms. The van der Waals surface area contributed by atoms with Crippen molar-refractivity contribution >= 4 is 17.4 Å². The first-order chi connectivity index (χ1) is 14.6. The van der Waals surface area contributed by atoms with Crippen LogP contribution in [-0.4, -0.2) is 41.3 Å². The van der Waals surface area contributed by atoms with Crippen molar-refractivity contribution in [1.82, 2.24) is 20.4 Å². The number of rotatable bonds is 5. The number of halogens is 1. The maximum Gasteiger partial charge on any atom is 0.317 e. The smallest absolute Gasteiger partial charge is 0.317 e. The van der Waals surface area contributed by atoms with Crippen molar-refractivity contribution in [3.05, 3.63) is 64.9 Å². The van der Waals surface area contributed by atoms with Crippen LogP contribution in [0.4, 0.5) is 9.18 Å². The Kier molecular flexibility index (Phi) is 6.23. The number of hydrogen-bond acceptors (Lipinski definition) is 5. The summed E-state index contributed by atoms with van der Waals surface area (Å²) in [6.45, 7) is 1.71. The highest BCUT2D eigenvalue weighted by Crippen LogP contribution is 2.33. The summed E-state index contributed by atoms with van der Waals surface area (Å²) in [5.41, 5.74) is 1.87. The second kappa shape index (κ2) is 9.21. The van der Waals surface area contributed by atoms with Gasteiger partial charge in [0.1, 0.15) is 21.6 Å². The molecule has 1 fully saturated rings. The first-order valence-corrected chi connectivity index (χ1v) is 10.7. The minimum atomic E-state index is -0.282. The van der Waals surface area contributed by atoms with Gasteiger partial charge in [-0.25, -0.2) is 9.18 Å². The van der Waals surface area contributed by atoms with E-state index in [1.165, 1.54) is 12.1 Å². The zero-order valence-electron chi connectivity index (χ0n) is 16.7. The number of ether oxygens (including phenoxy) is 1. The number of methoxy groups -OCH3 is 1. The Labute approximate surface area is 178 Å². The summed E-state index contributed by atoms with van der Waals surface area (Å²) in [5.74, 6) is 0.702. The molecule has 0 saturated carbocycles. The van der Waals surface area contributed by atoms with Crippen molar-refractivity contribution in [2.75, 3.05) is 20.2 Å². The number of carbonyl (C=O) groups excluding carboxylic acids is 1. The van der Waals surface area contributed by atoms with E-state index in [0.717, 1.165) is 46.3 Å². The molecule has 1 unspecified atom stereocenters. The van der Waals surface area contributed by atoms with Crippen molar-refractivity contribution in [3.8, 4) is 16.3 Å². The van der Waals surface area contributed by atoms with Crippen molar-refractivity contribution in [2.24, 2.45) is 0 Å². The van der Waals surface area contributed by atoms with Gasteiger partial charge in [0, 0.05) is 31.1 Å². The Hall–Kier alpha value is -3.00. The van der Waals surface area contributed by atoms with E-state index in [1.54, 1.807) is 30.6 Å². The molecular formula is C22H23FN4O2S. The third kappa shape index (κ3) is 4.76. The van der Waals surface area contributed by atoms with Gasteiger partial charge in [-0.15, -0.1) is 10.2 Å². The van der Waals surface area contributed by atoms with Gasteiger partial charge >= 0.3 is 6.03 Å². The first-order valence-electron chi connectivity index (χ1n) is 9.87. The van der Waals surface area contributed by atoms with Crippen molar-refractivity contribution in [2.45, 2.75) is 25.3 Å². The molecule has 1 aliphatic rings. The average molecular weight is 427 g/mol. The number of piperidine rings is 1. The summed E-state index contributed by atoms with van der Waals surface area (Å²) in [4.78, 5) is 14.4. The van der Waals surface area contributed by atoms with E-state index >= 15 is 0 Å². The van der Waals surface area contributed by atoms with Gasteiger partial charge < -0.3 is 15.0 Å². The van der Waals surface area contributed by atoms with Crippen LogP contribution < -0.4 is 10.1 Å². The zero-order valence-corrected chi connectivity index (χ0v) is 17.5. The van der Waals surface area contributed by atoms with E-state index < -0.39 is 0 Å². The van der Waals surface area contributed by atoms with E-state index in [2.05, 4.69) is 15.5 Å². The van der Waals surface area contributed by atoms with Gasteiger partial charge in [-0.3, -0.25) is 0 Å². The van der Waals surface area contributed by atoms with Gasteiger partial charge in [0.15, 0.2) is 0 Å². The molecule has 1 saturated heterocycles. The van der Waals surface area contributed by atoms with Crippen molar-refractivity contribution in [1.29, 1.82) is 0 Å². The van der Waals surface area contributed by atoms with Crippen LogP contribution in [0.5, 0.6) is 5.75 Å². The lowest BCUT2D eigenvalue weighted by Gasteiger charge is -2.31. The minimum absolute atomic E-state index is 0.107. The molecular weight excluding hydrogens is 403 g/mol. The predicted molar refractivity (Wildman–Crippen MR) is 114 cm³/mol. The molecule has 1 N–H and O–H groups in total. The summed E-state index contributed by atoms with van der Waals surface area (Å²) in [6.07, 6.45) is 1.91. The Morgan fingerprint density at radius 1 is 1.20 bits per heavy atom. The quantitative estimate of drug-likeness (QED) is 0.655. The number of carbonyl (C=O) groups is 1. The molecule has 156 valence electrons. The first kappa shape index (κ1) is 20.3. The number of amides is 2. The number of likely N-dealkylation sites (tertiary alicyclic amines) is 1. The monoisotopic (exact) mass is 426 g/mol. The summed E-state index contributed by atoms with van der Waals surface area (Å²) < 4.78 is 18.2. The Morgan fingerprint density at radius 2 is 1.97 bits per heavy atom. The fraction of sp³-hybridized carbons (Fsp3) is 0.318.